The van der Waals surface area contributed by atoms with Gasteiger partial charge in [0.2, 0.25) is 0 Å². The van der Waals surface area contributed by atoms with E-state index in [-0.39, 0.29) is 5.91 Å². The number of aromatic nitrogens is 3. The molecule has 2 aromatic carbocycles. The van der Waals surface area contributed by atoms with Crippen molar-refractivity contribution in [3.05, 3.63) is 83.3 Å². The zero-order valence-corrected chi connectivity index (χ0v) is 15.2. The van der Waals surface area contributed by atoms with Crippen LogP contribution in [0.2, 0.25) is 0 Å². The maximum Gasteiger partial charge on any atom is 0.265 e. The number of nitrogens with one attached hydrogen (secondary N) is 1. The van der Waals surface area contributed by atoms with E-state index in [0.717, 1.165) is 23.4 Å². The minimum Gasteiger partial charge on any atom is -0.319 e. The molecule has 4 aromatic rings. The third kappa shape index (κ3) is 2.84. The van der Waals surface area contributed by atoms with Crippen LogP contribution in [0.15, 0.2) is 67.3 Å². The molecule has 1 amide bonds. The van der Waals surface area contributed by atoms with Gasteiger partial charge in [0.1, 0.15) is 12.7 Å². The van der Waals surface area contributed by atoms with Crippen LogP contribution in [-0.2, 0) is 12.8 Å². The van der Waals surface area contributed by atoms with Gasteiger partial charge in [-0.15, -0.1) is 11.3 Å². The molecule has 0 bridgehead atoms. The topological polar surface area (TPSA) is 59.8 Å². The molecule has 0 atom stereocenters. The Morgan fingerprint density at radius 3 is 2.74 bits per heavy atom. The smallest absolute Gasteiger partial charge is 0.265 e. The third-order valence-electron chi connectivity index (χ3n) is 4.78. The molecule has 0 spiro atoms. The van der Waals surface area contributed by atoms with Crippen molar-refractivity contribution < 1.29 is 4.79 Å². The first-order chi connectivity index (χ1) is 13.3. The van der Waals surface area contributed by atoms with Gasteiger partial charge < -0.3 is 5.32 Å². The molecular weight excluding hydrogens is 356 g/mol. The summed E-state index contributed by atoms with van der Waals surface area (Å²) in [6.45, 7) is 0. The predicted octanol–water partition coefficient (Wildman–Crippen LogP) is 4.35. The van der Waals surface area contributed by atoms with Gasteiger partial charge in [-0.05, 0) is 47.7 Å². The molecule has 0 fully saturated rings. The summed E-state index contributed by atoms with van der Waals surface area (Å²) in [5.41, 5.74) is 5.37. The van der Waals surface area contributed by atoms with Crippen LogP contribution >= 0.6 is 11.3 Å². The molecule has 1 N–H and O–H groups in total. The summed E-state index contributed by atoms with van der Waals surface area (Å²) < 4.78 is 1.64. The molecule has 0 unspecified atom stereocenters. The average molecular weight is 372 g/mol. The van der Waals surface area contributed by atoms with E-state index in [1.54, 1.807) is 22.3 Å². The molecule has 2 aromatic heterocycles. The number of carbonyl (C=O) groups is 1. The molecule has 0 saturated heterocycles. The van der Waals surface area contributed by atoms with Crippen LogP contribution in [0.25, 0.3) is 16.1 Å². The van der Waals surface area contributed by atoms with Crippen LogP contribution < -0.4 is 5.32 Å². The van der Waals surface area contributed by atoms with Crippen molar-refractivity contribution in [2.75, 3.05) is 5.32 Å². The highest BCUT2D eigenvalue weighted by atomic mass is 32.1. The molecule has 0 radical (unpaired) electrons. The van der Waals surface area contributed by atoms with Gasteiger partial charge >= 0.3 is 0 Å². The number of fused-ring (bicyclic) bond motifs is 3. The Balaban J connectivity index is 1.47. The summed E-state index contributed by atoms with van der Waals surface area (Å²) in [5.74, 6) is -0.0977. The molecule has 6 heteroatoms. The molecule has 0 aliphatic heterocycles. The molecule has 1 aliphatic carbocycles. The molecular formula is C21H16N4OS. The van der Waals surface area contributed by atoms with E-state index >= 15 is 0 Å². The Morgan fingerprint density at radius 1 is 1.04 bits per heavy atom. The number of amides is 1. The number of hydrogen-bond acceptors (Lipinski definition) is 4. The fourth-order valence-corrected chi connectivity index (χ4v) is 4.65. The summed E-state index contributed by atoms with van der Waals surface area (Å²) in [4.78, 5) is 18.8. The summed E-state index contributed by atoms with van der Waals surface area (Å²) in [6, 6.07) is 18.1. The maximum absolute atomic E-state index is 12.9. The number of thiophene rings is 1. The molecule has 27 heavy (non-hydrogen) atoms. The number of benzene rings is 2. The highest BCUT2D eigenvalue weighted by Gasteiger charge is 2.21. The SMILES string of the molecule is O=C(Nc1ccccc1-n1cncn1)c1cc2c(s1)-c1ccccc1CC2. The van der Waals surface area contributed by atoms with E-state index in [1.165, 1.54) is 27.9 Å². The van der Waals surface area contributed by atoms with Gasteiger partial charge in [-0.3, -0.25) is 4.79 Å². The second-order valence-electron chi connectivity index (χ2n) is 6.43. The first-order valence-electron chi connectivity index (χ1n) is 8.76. The number of rotatable bonds is 3. The van der Waals surface area contributed by atoms with E-state index in [1.807, 2.05) is 30.3 Å². The van der Waals surface area contributed by atoms with Crippen LogP contribution in [0.4, 0.5) is 5.69 Å². The number of para-hydroxylation sites is 2. The summed E-state index contributed by atoms with van der Waals surface area (Å²) in [7, 11) is 0. The Kier molecular flexibility index (Phi) is 3.83. The Bertz CT molecular complexity index is 1130. The van der Waals surface area contributed by atoms with E-state index in [2.05, 4.69) is 39.7 Å². The van der Waals surface area contributed by atoms with Crippen LogP contribution in [-0.4, -0.2) is 20.7 Å². The number of carbonyl (C=O) groups excluding carboxylic acids is 1. The normalized spacial score (nSPS) is 12.3. The highest BCUT2D eigenvalue weighted by molar-refractivity contribution is 7.17. The first kappa shape index (κ1) is 16.0. The van der Waals surface area contributed by atoms with Crippen LogP contribution in [0.3, 0.4) is 0 Å². The van der Waals surface area contributed by atoms with E-state index in [9.17, 15) is 4.79 Å². The van der Waals surface area contributed by atoms with Crippen molar-refractivity contribution in [2.45, 2.75) is 12.8 Å². The molecule has 5 nitrogen and oxygen atoms in total. The van der Waals surface area contributed by atoms with Crippen molar-refractivity contribution in [1.29, 1.82) is 0 Å². The molecule has 0 saturated carbocycles. The Morgan fingerprint density at radius 2 is 1.85 bits per heavy atom. The van der Waals surface area contributed by atoms with Gasteiger partial charge in [0, 0.05) is 4.88 Å². The van der Waals surface area contributed by atoms with Gasteiger partial charge in [-0.1, -0.05) is 36.4 Å². The highest BCUT2D eigenvalue weighted by Crippen LogP contribution is 2.39. The standard InChI is InChI=1S/C21H16N4OS/c26-21(24-17-7-3-4-8-18(17)25-13-22-12-23-25)19-11-15-10-9-14-5-1-2-6-16(14)20(15)27-19/h1-8,11-13H,9-10H2,(H,24,26). The quantitative estimate of drug-likeness (QED) is 0.582. The zero-order chi connectivity index (χ0) is 18.2. The Hall–Kier alpha value is -3.25. The van der Waals surface area contributed by atoms with Crippen molar-refractivity contribution in [3.8, 4) is 16.1 Å². The fourth-order valence-electron chi connectivity index (χ4n) is 3.48. The minimum absolute atomic E-state index is 0.0977. The van der Waals surface area contributed by atoms with Crippen LogP contribution in [0.5, 0.6) is 0 Å². The van der Waals surface area contributed by atoms with Crippen LogP contribution in [0.1, 0.15) is 20.8 Å². The van der Waals surface area contributed by atoms with Crippen molar-refractivity contribution in [2.24, 2.45) is 0 Å². The lowest BCUT2D eigenvalue weighted by Crippen LogP contribution is -2.12. The Labute approximate surface area is 160 Å². The number of nitrogens with zero attached hydrogens (tertiary/aromatic N) is 3. The van der Waals surface area contributed by atoms with E-state index < -0.39 is 0 Å². The fraction of sp³-hybridized carbons (Fsp3) is 0.0952. The predicted molar refractivity (Wildman–Crippen MR) is 106 cm³/mol. The van der Waals surface area contributed by atoms with Gasteiger partial charge in [-0.25, -0.2) is 9.67 Å². The number of hydrogen-bond donors (Lipinski definition) is 1. The second kappa shape index (κ2) is 6.48. The average Bonchev–Trinajstić information content (AvgIpc) is 3.38. The zero-order valence-electron chi connectivity index (χ0n) is 14.4. The molecule has 1 aliphatic rings. The van der Waals surface area contributed by atoms with Crippen LogP contribution in [0, 0.1) is 0 Å². The summed E-state index contributed by atoms with van der Waals surface area (Å²) in [6.07, 6.45) is 5.09. The van der Waals surface area contributed by atoms with Crippen molar-refractivity contribution in [1.82, 2.24) is 14.8 Å². The third-order valence-corrected chi connectivity index (χ3v) is 5.99. The minimum atomic E-state index is -0.0977. The maximum atomic E-state index is 12.9. The summed E-state index contributed by atoms with van der Waals surface area (Å²) >= 11 is 1.56. The lowest BCUT2D eigenvalue weighted by atomic mass is 9.91. The monoisotopic (exact) mass is 372 g/mol. The summed E-state index contributed by atoms with van der Waals surface area (Å²) in [5, 5.41) is 7.19. The second-order valence-corrected chi connectivity index (χ2v) is 7.49. The van der Waals surface area contributed by atoms with E-state index in [4.69, 9.17) is 0 Å². The number of anilines is 1. The van der Waals surface area contributed by atoms with Gasteiger partial charge in [-0.2, -0.15) is 5.10 Å². The van der Waals surface area contributed by atoms with Gasteiger partial charge in [0.25, 0.3) is 5.91 Å². The molecule has 5 rings (SSSR count). The lowest BCUT2D eigenvalue weighted by Gasteiger charge is -2.15. The lowest BCUT2D eigenvalue weighted by molar-refractivity contribution is 0.103. The number of aryl methyl sites for hydroxylation is 2. The van der Waals surface area contributed by atoms with Crippen molar-refractivity contribution >= 4 is 22.9 Å². The van der Waals surface area contributed by atoms with Gasteiger partial charge in [0.15, 0.2) is 0 Å². The molecule has 2 heterocycles. The molecule has 132 valence electrons. The van der Waals surface area contributed by atoms with Crippen molar-refractivity contribution in [3.63, 3.8) is 0 Å². The first-order valence-corrected chi connectivity index (χ1v) is 9.57. The van der Waals surface area contributed by atoms with Gasteiger partial charge in [0.05, 0.1) is 16.3 Å². The largest absolute Gasteiger partial charge is 0.319 e. The van der Waals surface area contributed by atoms with E-state index in [0.29, 0.717) is 5.69 Å².